The van der Waals surface area contributed by atoms with Crippen LogP contribution in [0, 0.1) is 18.6 Å². The average Bonchev–Trinajstić information content (AvgIpc) is 3.21. The minimum absolute atomic E-state index is 0.122. The van der Waals surface area contributed by atoms with Crippen molar-refractivity contribution in [2.75, 3.05) is 10.6 Å². The molecule has 1 heterocycles. The van der Waals surface area contributed by atoms with E-state index in [0.29, 0.717) is 35.0 Å². The van der Waals surface area contributed by atoms with Gasteiger partial charge < -0.3 is 15.7 Å². The lowest BCUT2D eigenvalue weighted by Gasteiger charge is -2.16. The summed E-state index contributed by atoms with van der Waals surface area (Å²) in [6.07, 6.45) is -0.319. The number of fused-ring (bicyclic) bond motifs is 1. The number of carbonyl (C=O) groups is 2. The van der Waals surface area contributed by atoms with Crippen LogP contribution >= 0.6 is 0 Å². The van der Waals surface area contributed by atoms with Crippen molar-refractivity contribution in [3.05, 3.63) is 106 Å². The van der Waals surface area contributed by atoms with E-state index in [4.69, 9.17) is 0 Å². The number of nitrogens with one attached hydrogen (secondary N) is 2. The Morgan fingerprint density at radius 3 is 2.09 bits per heavy atom. The first kappa shape index (κ1) is 22.4. The summed E-state index contributed by atoms with van der Waals surface area (Å²) < 4.78 is 27.7. The fourth-order valence-electron chi connectivity index (χ4n) is 3.90. The van der Waals surface area contributed by atoms with Crippen molar-refractivity contribution in [2.45, 2.75) is 26.4 Å². The second kappa shape index (κ2) is 8.96. The van der Waals surface area contributed by atoms with Crippen LogP contribution in [0.15, 0.2) is 72.1 Å². The summed E-state index contributed by atoms with van der Waals surface area (Å²) in [4.78, 5) is 27.2. The molecule has 3 aromatic rings. The molecule has 0 aromatic heterocycles. The summed E-state index contributed by atoms with van der Waals surface area (Å²) in [6.45, 7) is 3.51. The van der Waals surface area contributed by atoms with Gasteiger partial charge in [0, 0.05) is 17.2 Å². The van der Waals surface area contributed by atoms with Crippen molar-refractivity contribution >= 4 is 22.9 Å². The van der Waals surface area contributed by atoms with Crippen LogP contribution in [0.1, 0.15) is 51.3 Å². The van der Waals surface area contributed by atoms with Gasteiger partial charge in [-0.1, -0.05) is 37.3 Å². The highest BCUT2D eigenvalue weighted by atomic mass is 19.1. The molecule has 1 atom stereocenters. The number of hydrogen-bond donors (Lipinski definition) is 3. The lowest BCUT2D eigenvalue weighted by molar-refractivity contribution is 0.0960. The zero-order valence-electron chi connectivity index (χ0n) is 18.1. The van der Waals surface area contributed by atoms with Crippen molar-refractivity contribution in [3.63, 3.8) is 0 Å². The molecule has 168 valence electrons. The fraction of sp³-hybridized carbons (Fsp3) is 0.154. The molecule has 0 amide bonds. The lowest BCUT2D eigenvalue weighted by Crippen LogP contribution is -2.22. The maximum absolute atomic E-state index is 13.9. The van der Waals surface area contributed by atoms with Crippen LogP contribution in [0.5, 0.6) is 0 Å². The van der Waals surface area contributed by atoms with Crippen LogP contribution in [0.2, 0.25) is 0 Å². The fourth-order valence-corrected chi connectivity index (χ4v) is 3.90. The van der Waals surface area contributed by atoms with Gasteiger partial charge in [0.05, 0.1) is 17.5 Å². The minimum Gasteiger partial charge on any atom is -0.388 e. The molecule has 3 aromatic carbocycles. The third kappa shape index (κ3) is 4.27. The van der Waals surface area contributed by atoms with Gasteiger partial charge in [-0.25, -0.2) is 8.78 Å². The van der Waals surface area contributed by atoms with Crippen molar-refractivity contribution in [3.8, 4) is 0 Å². The van der Waals surface area contributed by atoms with E-state index in [1.165, 1.54) is 0 Å². The molecule has 4 rings (SSSR count). The summed E-state index contributed by atoms with van der Waals surface area (Å²) in [5.41, 5.74) is 2.06. The Hall–Kier alpha value is -3.84. The Balaban J connectivity index is 1.87. The molecule has 0 saturated heterocycles. The van der Waals surface area contributed by atoms with Gasteiger partial charge in [0.15, 0.2) is 0 Å². The van der Waals surface area contributed by atoms with Crippen LogP contribution < -0.4 is 10.6 Å². The van der Waals surface area contributed by atoms with E-state index in [2.05, 4.69) is 10.6 Å². The monoisotopic (exact) mass is 448 g/mol. The quantitative estimate of drug-likeness (QED) is 0.200. The third-order valence-electron chi connectivity index (χ3n) is 5.64. The molecule has 0 spiro atoms. The third-order valence-corrected chi connectivity index (χ3v) is 5.64. The number of para-hydroxylation sites is 2. The van der Waals surface area contributed by atoms with Crippen LogP contribution in [0.25, 0.3) is 0 Å². The zero-order chi connectivity index (χ0) is 23.7. The van der Waals surface area contributed by atoms with E-state index in [1.54, 1.807) is 49.4 Å². The topological polar surface area (TPSA) is 78.4 Å². The first-order chi connectivity index (χ1) is 15.8. The minimum atomic E-state index is -0.921. The van der Waals surface area contributed by atoms with Crippen molar-refractivity contribution < 1.29 is 23.5 Å². The molecular weight excluding hydrogens is 426 g/mol. The van der Waals surface area contributed by atoms with Gasteiger partial charge in [0.25, 0.3) is 0 Å². The molecule has 1 aliphatic heterocycles. The van der Waals surface area contributed by atoms with E-state index >= 15 is 0 Å². The number of halogens is 2. The van der Waals surface area contributed by atoms with E-state index in [1.807, 2.05) is 6.92 Å². The highest BCUT2D eigenvalue weighted by molar-refractivity contribution is 6.32. The number of carbonyl (C=O) groups excluding carboxylic acids is 2. The number of Topliss-reactive ketones (excluding diaryl/α,β-unsaturated/α-hetero) is 2. The summed E-state index contributed by atoms with van der Waals surface area (Å²) in [5, 5.41) is 16.4. The van der Waals surface area contributed by atoms with Crippen LogP contribution in [-0.4, -0.2) is 16.7 Å². The molecule has 5 nitrogen and oxygen atoms in total. The highest BCUT2D eigenvalue weighted by Gasteiger charge is 2.31. The second-order valence-electron chi connectivity index (χ2n) is 7.81. The molecule has 0 aliphatic carbocycles. The number of allylic oxidation sites excluding steroid dienone is 1. The molecular formula is C26H22F2N2O3. The maximum atomic E-state index is 13.9. The second-order valence-corrected chi connectivity index (χ2v) is 7.81. The molecule has 0 radical (unpaired) electrons. The first-order valence-corrected chi connectivity index (χ1v) is 10.5. The van der Waals surface area contributed by atoms with Crippen LogP contribution in [0.4, 0.5) is 20.2 Å². The Kier molecular flexibility index (Phi) is 6.07. The van der Waals surface area contributed by atoms with E-state index in [-0.39, 0.29) is 22.5 Å². The Morgan fingerprint density at radius 2 is 1.52 bits per heavy atom. The van der Waals surface area contributed by atoms with Crippen LogP contribution in [-0.2, 0) is 0 Å². The van der Waals surface area contributed by atoms with E-state index < -0.39 is 29.3 Å². The Morgan fingerprint density at radius 1 is 0.909 bits per heavy atom. The molecule has 7 heteroatoms. The number of ketones is 2. The molecule has 33 heavy (non-hydrogen) atoms. The van der Waals surface area contributed by atoms with Crippen LogP contribution in [0.3, 0.4) is 0 Å². The van der Waals surface area contributed by atoms with Gasteiger partial charge in [0.2, 0.25) is 11.6 Å². The van der Waals surface area contributed by atoms with Gasteiger partial charge >= 0.3 is 0 Å². The number of benzene rings is 3. The molecule has 3 N–H and O–H groups in total. The number of aliphatic hydroxyl groups is 1. The molecule has 1 aliphatic rings. The van der Waals surface area contributed by atoms with Crippen molar-refractivity contribution in [2.24, 2.45) is 0 Å². The SMILES string of the molecule is CC[C@H](O)c1cccc(C(=O)C(C(=O)c2cc(F)cc(F)c2)=C2Nc3ccccc3N2)c1C. The largest absolute Gasteiger partial charge is 0.388 e. The lowest BCUT2D eigenvalue weighted by atomic mass is 9.89. The highest BCUT2D eigenvalue weighted by Crippen LogP contribution is 2.33. The number of rotatable bonds is 6. The predicted octanol–water partition coefficient (Wildman–Crippen LogP) is 5.53. The van der Waals surface area contributed by atoms with Gasteiger partial charge in [-0.2, -0.15) is 0 Å². The van der Waals surface area contributed by atoms with E-state index in [9.17, 15) is 23.5 Å². The summed E-state index contributed by atoms with van der Waals surface area (Å²) in [5.74, 6) is -3.18. The number of hydrogen-bond acceptors (Lipinski definition) is 5. The normalized spacial score (nSPS) is 13.1. The van der Waals surface area contributed by atoms with Gasteiger partial charge in [-0.3, -0.25) is 9.59 Å². The number of anilines is 2. The molecule has 0 bridgehead atoms. The summed E-state index contributed by atoms with van der Waals surface area (Å²) >= 11 is 0. The van der Waals surface area contributed by atoms with Crippen molar-refractivity contribution in [1.29, 1.82) is 0 Å². The van der Waals surface area contributed by atoms with Crippen molar-refractivity contribution in [1.82, 2.24) is 0 Å². The van der Waals surface area contributed by atoms with Gasteiger partial charge in [-0.05, 0) is 48.7 Å². The standard InChI is InChI=1S/C26H22F2N2O3/c1-3-22(31)18-7-6-8-19(14(18)2)25(33)23(24(32)15-11-16(27)13-17(28)12-15)26-29-20-9-4-5-10-21(20)30-26/h4-13,22,29-31H,3H2,1-2H3/t22-/m0/s1. The Bertz CT molecular complexity index is 1250. The molecule has 0 saturated carbocycles. The van der Waals surface area contributed by atoms with E-state index in [0.717, 1.165) is 12.1 Å². The van der Waals surface area contributed by atoms with Gasteiger partial charge in [0.1, 0.15) is 23.0 Å². The zero-order valence-corrected chi connectivity index (χ0v) is 18.1. The molecule has 0 fully saturated rings. The van der Waals surface area contributed by atoms with Gasteiger partial charge in [-0.15, -0.1) is 0 Å². The predicted molar refractivity (Wildman–Crippen MR) is 122 cm³/mol. The Labute approximate surface area is 189 Å². The number of aliphatic hydroxyl groups excluding tert-OH is 1. The smallest absolute Gasteiger partial charge is 0.200 e. The summed E-state index contributed by atoms with van der Waals surface area (Å²) in [6, 6.07) is 14.5. The molecule has 0 unspecified atom stereocenters. The first-order valence-electron chi connectivity index (χ1n) is 10.5. The maximum Gasteiger partial charge on any atom is 0.200 e. The summed E-state index contributed by atoms with van der Waals surface area (Å²) in [7, 11) is 0. The average molecular weight is 448 g/mol.